The molecule has 0 radical (unpaired) electrons. The van der Waals surface area contributed by atoms with Crippen molar-refractivity contribution in [2.45, 2.75) is 65.1 Å². The number of hydrogen-bond acceptors (Lipinski definition) is 6. The Morgan fingerprint density at radius 3 is 2.25 bits per heavy atom. The average Bonchev–Trinajstić information content (AvgIpc) is 3.69. The van der Waals surface area contributed by atoms with Crippen molar-refractivity contribution in [1.82, 2.24) is 23.8 Å². The van der Waals surface area contributed by atoms with E-state index in [9.17, 15) is 14.9 Å². The highest BCUT2D eigenvalue weighted by molar-refractivity contribution is 6.14. The standard InChI is InChI=1S/C48H53N7O4/c1-31-40(25-38(26-49)51(31)3)45-44(47(57)50-37-16-8-6-9-17-37)32(2)52(4)46(45)41-23-34-18-21-54(43(56)30-59-5)27-36(34)24-42(41)48(58)55-28-35-15-11-10-14-33(35)22-39(55)29-53-19-12-7-13-20-53/h6,8-11,14-17,23-25,39H,7,12-13,18-22,27-30H2,1-5H3,(H,50,57)/t39-/m0/s1. The number of likely N-dealkylation sites (tertiary alicyclic amines) is 1. The second-order valence-electron chi connectivity index (χ2n) is 16.3. The third-order valence-corrected chi connectivity index (χ3v) is 12.9. The summed E-state index contributed by atoms with van der Waals surface area (Å²) < 4.78 is 9.10. The largest absolute Gasteiger partial charge is 0.375 e. The maximum atomic E-state index is 15.7. The van der Waals surface area contributed by atoms with Crippen LogP contribution in [0.4, 0.5) is 5.69 Å². The highest BCUT2D eigenvalue weighted by atomic mass is 16.5. The molecule has 1 atom stereocenters. The topological polar surface area (TPSA) is 116 Å². The van der Waals surface area contributed by atoms with Crippen molar-refractivity contribution < 1.29 is 19.1 Å². The SMILES string of the molecule is COCC(=O)N1CCc2cc(-c3c(-c4cc(C#N)n(C)c4C)c(C(=O)Nc4ccccc4)c(C)n3C)c(C(=O)N3Cc4ccccc4C[C@H]3CN3CCCCC3)cc2C1. The lowest BCUT2D eigenvalue weighted by Crippen LogP contribution is -2.51. The highest BCUT2D eigenvalue weighted by Crippen LogP contribution is 2.44. The molecule has 3 aliphatic rings. The second-order valence-corrected chi connectivity index (χ2v) is 16.3. The molecule has 0 bridgehead atoms. The van der Waals surface area contributed by atoms with Gasteiger partial charge in [-0.25, -0.2) is 0 Å². The summed E-state index contributed by atoms with van der Waals surface area (Å²) >= 11 is 0. The van der Waals surface area contributed by atoms with Crippen molar-refractivity contribution in [2.75, 3.05) is 45.2 Å². The molecule has 5 heterocycles. The number of hydrogen-bond donors (Lipinski definition) is 1. The number of benzene rings is 3. The van der Waals surface area contributed by atoms with E-state index in [4.69, 9.17) is 4.74 Å². The lowest BCUT2D eigenvalue weighted by atomic mass is 9.87. The predicted molar refractivity (Wildman–Crippen MR) is 229 cm³/mol. The lowest BCUT2D eigenvalue weighted by Gasteiger charge is -2.41. The van der Waals surface area contributed by atoms with Gasteiger partial charge in [0.15, 0.2) is 0 Å². The van der Waals surface area contributed by atoms with Gasteiger partial charge in [-0.2, -0.15) is 5.26 Å². The Balaban J connectivity index is 1.34. The molecule has 0 saturated carbocycles. The molecule has 3 aromatic carbocycles. The van der Waals surface area contributed by atoms with Crippen molar-refractivity contribution in [3.8, 4) is 28.5 Å². The molecule has 5 aromatic rings. The Kier molecular flexibility index (Phi) is 11.3. The van der Waals surface area contributed by atoms with Crippen LogP contribution in [0.2, 0.25) is 0 Å². The van der Waals surface area contributed by atoms with Gasteiger partial charge in [0.1, 0.15) is 18.4 Å². The zero-order valence-corrected chi connectivity index (χ0v) is 34.8. The van der Waals surface area contributed by atoms with Crippen LogP contribution in [-0.2, 0) is 49.6 Å². The Labute approximate surface area is 346 Å². The van der Waals surface area contributed by atoms with Gasteiger partial charge in [-0.05, 0) is 105 Å². The highest BCUT2D eigenvalue weighted by Gasteiger charge is 2.37. The number of nitriles is 1. The van der Waals surface area contributed by atoms with E-state index in [1.54, 1.807) is 4.90 Å². The number of piperidine rings is 1. The van der Waals surface area contributed by atoms with Crippen LogP contribution in [-0.4, -0.2) is 87.5 Å². The molecule has 304 valence electrons. The molecule has 0 spiro atoms. The molecular weight excluding hydrogens is 739 g/mol. The molecule has 59 heavy (non-hydrogen) atoms. The van der Waals surface area contributed by atoms with Gasteiger partial charge in [0.2, 0.25) is 5.91 Å². The van der Waals surface area contributed by atoms with Crippen molar-refractivity contribution in [2.24, 2.45) is 14.1 Å². The van der Waals surface area contributed by atoms with Crippen molar-refractivity contribution in [3.63, 3.8) is 0 Å². The van der Waals surface area contributed by atoms with Crippen LogP contribution in [0, 0.1) is 25.2 Å². The zero-order valence-electron chi connectivity index (χ0n) is 34.8. The average molecular weight is 792 g/mol. The summed E-state index contributed by atoms with van der Waals surface area (Å²) in [7, 11) is 5.33. The Hall–Kier alpha value is -5.96. The summed E-state index contributed by atoms with van der Waals surface area (Å²) in [6.45, 7) is 8.10. The van der Waals surface area contributed by atoms with E-state index in [-0.39, 0.29) is 30.4 Å². The summed E-state index contributed by atoms with van der Waals surface area (Å²) in [4.78, 5) is 49.8. The normalized spacial score (nSPS) is 16.6. The molecular formula is C48H53N7O4. The van der Waals surface area contributed by atoms with E-state index >= 15 is 4.79 Å². The third kappa shape index (κ3) is 7.59. The maximum absolute atomic E-state index is 15.7. The van der Waals surface area contributed by atoms with Crippen molar-refractivity contribution >= 4 is 23.4 Å². The number of para-hydroxylation sites is 1. The molecule has 11 heteroatoms. The molecule has 3 aliphatic heterocycles. The van der Waals surface area contributed by atoms with Gasteiger partial charge < -0.3 is 33.9 Å². The van der Waals surface area contributed by atoms with Crippen LogP contribution < -0.4 is 5.32 Å². The van der Waals surface area contributed by atoms with E-state index in [2.05, 4.69) is 45.5 Å². The number of amides is 3. The number of nitrogens with zero attached hydrogens (tertiary/aromatic N) is 6. The summed E-state index contributed by atoms with van der Waals surface area (Å²) in [5.74, 6) is -0.450. The fraction of sp³-hybridized carbons (Fsp3) is 0.375. The molecule has 3 amide bonds. The molecule has 1 N–H and O–H groups in total. The number of ether oxygens (including phenoxy) is 1. The molecule has 1 fully saturated rings. The minimum atomic E-state index is -0.278. The van der Waals surface area contributed by atoms with Crippen LogP contribution in [0.15, 0.2) is 72.8 Å². The smallest absolute Gasteiger partial charge is 0.258 e. The van der Waals surface area contributed by atoms with Crippen molar-refractivity contribution in [3.05, 3.63) is 123 Å². The van der Waals surface area contributed by atoms with E-state index in [1.807, 2.05) is 85.6 Å². The number of carbonyl (C=O) groups is 3. The Morgan fingerprint density at radius 2 is 1.54 bits per heavy atom. The summed E-state index contributed by atoms with van der Waals surface area (Å²) in [6, 6.07) is 26.1. The number of fused-ring (bicyclic) bond motifs is 2. The maximum Gasteiger partial charge on any atom is 0.258 e. The first-order valence-electron chi connectivity index (χ1n) is 20.7. The second kappa shape index (κ2) is 16.7. The fourth-order valence-electron chi connectivity index (χ4n) is 9.43. The predicted octanol–water partition coefficient (Wildman–Crippen LogP) is 7.02. The van der Waals surface area contributed by atoms with Crippen LogP contribution in [0.1, 0.15) is 79.3 Å². The number of aromatic nitrogens is 2. The van der Waals surface area contributed by atoms with Gasteiger partial charge in [0, 0.05) is 92.8 Å². The zero-order chi connectivity index (χ0) is 41.4. The molecule has 0 unspecified atom stereocenters. The summed E-state index contributed by atoms with van der Waals surface area (Å²) in [5.41, 5.74) is 11.0. The number of nitrogens with one attached hydrogen (secondary N) is 1. The molecule has 2 aromatic heterocycles. The van der Waals surface area contributed by atoms with E-state index in [0.29, 0.717) is 54.1 Å². The van der Waals surface area contributed by atoms with E-state index in [1.165, 1.54) is 19.1 Å². The number of rotatable bonds is 9. The molecule has 8 rings (SSSR count). The minimum absolute atomic E-state index is 0.00844. The molecule has 1 saturated heterocycles. The van der Waals surface area contributed by atoms with E-state index < -0.39 is 0 Å². The van der Waals surface area contributed by atoms with Crippen LogP contribution >= 0.6 is 0 Å². The quantitative estimate of drug-likeness (QED) is 0.172. The van der Waals surface area contributed by atoms with Crippen LogP contribution in [0.3, 0.4) is 0 Å². The van der Waals surface area contributed by atoms with Gasteiger partial charge in [0.05, 0.1) is 11.3 Å². The van der Waals surface area contributed by atoms with Crippen LogP contribution in [0.5, 0.6) is 0 Å². The minimum Gasteiger partial charge on any atom is -0.375 e. The monoisotopic (exact) mass is 791 g/mol. The number of anilines is 1. The summed E-state index contributed by atoms with van der Waals surface area (Å²) in [5, 5.41) is 13.3. The van der Waals surface area contributed by atoms with Gasteiger partial charge in [0.25, 0.3) is 11.8 Å². The van der Waals surface area contributed by atoms with Crippen molar-refractivity contribution in [1.29, 1.82) is 5.26 Å². The Bertz CT molecular complexity index is 2470. The number of carbonyl (C=O) groups excluding carboxylic acids is 3. The number of methoxy groups -OCH3 is 1. The van der Waals surface area contributed by atoms with Gasteiger partial charge >= 0.3 is 0 Å². The van der Waals surface area contributed by atoms with Gasteiger partial charge in [-0.15, -0.1) is 0 Å². The first-order valence-corrected chi connectivity index (χ1v) is 20.7. The summed E-state index contributed by atoms with van der Waals surface area (Å²) in [6.07, 6.45) is 4.91. The first-order chi connectivity index (χ1) is 28.6. The third-order valence-electron chi connectivity index (χ3n) is 12.9. The van der Waals surface area contributed by atoms with E-state index in [0.717, 1.165) is 83.8 Å². The molecule has 0 aliphatic carbocycles. The first kappa shape index (κ1) is 39.8. The van der Waals surface area contributed by atoms with Gasteiger partial charge in [-0.1, -0.05) is 48.9 Å². The lowest BCUT2D eigenvalue weighted by molar-refractivity contribution is -0.136. The Morgan fingerprint density at radius 1 is 0.814 bits per heavy atom. The molecule has 11 nitrogen and oxygen atoms in total. The van der Waals surface area contributed by atoms with Gasteiger partial charge in [-0.3, -0.25) is 14.4 Å². The van der Waals surface area contributed by atoms with Crippen LogP contribution in [0.25, 0.3) is 22.4 Å². The fourth-order valence-corrected chi connectivity index (χ4v) is 9.43.